The summed E-state index contributed by atoms with van der Waals surface area (Å²) >= 11 is 0. The van der Waals surface area contributed by atoms with E-state index < -0.39 is 0 Å². The molecule has 0 aromatic heterocycles. The van der Waals surface area contributed by atoms with Gasteiger partial charge in [0.05, 0.1) is 13.0 Å². The molecule has 2 heteroatoms. The number of carbonyl (C=O) groups excluding carboxylic acids is 1. The minimum absolute atomic E-state index is 0.0583. The molecule has 3 unspecified atom stereocenters. The van der Waals surface area contributed by atoms with Crippen LogP contribution in [0.5, 0.6) is 0 Å². The largest absolute Gasteiger partial charge is 0.466 e. The Labute approximate surface area is 92.7 Å². The van der Waals surface area contributed by atoms with Crippen molar-refractivity contribution in [3.05, 3.63) is 11.6 Å². The van der Waals surface area contributed by atoms with Crippen LogP contribution < -0.4 is 0 Å². The maximum absolute atomic E-state index is 11.4. The quantitative estimate of drug-likeness (QED) is 0.528. The van der Waals surface area contributed by atoms with Gasteiger partial charge in [0.2, 0.25) is 0 Å². The highest BCUT2D eigenvalue weighted by atomic mass is 16.5. The van der Waals surface area contributed by atoms with Gasteiger partial charge in [-0.2, -0.15) is 0 Å². The molecule has 0 aromatic rings. The van der Waals surface area contributed by atoms with Crippen LogP contribution in [0.2, 0.25) is 0 Å². The molecular formula is C13H22O2. The SMILES string of the molecule is CCOC(=O)CC1CC(C)C(C)C=C1C. The van der Waals surface area contributed by atoms with Gasteiger partial charge in [-0.3, -0.25) is 4.79 Å². The second-order valence-corrected chi connectivity index (χ2v) is 4.69. The van der Waals surface area contributed by atoms with E-state index in [1.54, 1.807) is 0 Å². The summed E-state index contributed by atoms with van der Waals surface area (Å²) in [5.41, 5.74) is 1.36. The summed E-state index contributed by atoms with van der Waals surface area (Å²) < 4.78 is 4.99. The summed E-state index contributed by atoms with van der Waals surface area (Å²) in [6.45, 7) is 8.97. The van der Waals surface area contributed by atoms with E-state index >= 15 is 0 Å². The zero-order valence-corrected chi connectivity index (χ0v) is 10.2. The molecule has 0 N–H and O–H groups in total. The molecule has 0 saturated heterocycles. The van der Waals surface area contributed by atoms with E-state index in [4.69, 9.17) is 4.74 Å². The van der Waals surface area contributed by atoms with E-state index in [1.807, 2.05) is 6.92 Å². The van der Waals surface area contributed by atoms with Crippen molar-refractivity contribution in [1.29, 1.82) is 0 Å². The minimum atomic E-state index is -0.0583. The van der Waals surface area contributed by atoms with E-state index in [9.17, 15) is 4.79 Å². The van der Waals surface area contributed by atoms with Crippen molar-refractivity contribution >= 4 is 5.97 Å². The fraction of sp³-hybridized carbons (Fsp3) is 0.769. The first-order valence-electron chi connectivity index (χ1n) is 5.88. The van der Waals surface area contributed by atoms with Crippen LogP contribution in [0, 0.1) is 17.8 Å². The van der Waals surface area contributed by atoms with Gasteiger partial charge in [-0.1, -0.05) is 25.5 Å². The lowest BCUT2D eigenvalue weighted by atomic mass is 9.76. The predicted molar refractivity (Wildman–Crippen MR) is 61.4 cm³/mol. The summed E-state index contributed by atoms with van der Waals surface area (Å²) in [7, 11) is 0. The Balaban J connectivity index is 2.56. The molecular weight excluding hydrogens is 188 g/mol. The van der Waals surface area contributed by atoms with Crippen LogP contribution in [-0.4, -0.2) is 12.6 Å². The Morgan fingerprint density at radius 2 is 2.20 bits per heavy atom. The topological polar surface area (TPSA) is 26.3 Å². The molecule has 0 bridgehead atoms. The Morgan fingerprint density at radius 3 is 2.80 bits per heavy atom. The summed E-state index contributed by atoms with van der Waals surface area (Å²) in [4.78, 5) is 11.4. The molecule has 0 fully saturated rings. The van der Waals surface area contributed by atoms with Gasteiger partial charge >= 0.3 is 5.97 Å². The monoisotopic (exact) mass is 210 g/mol. The predicted octanol–water partition coefficient (Wildman–Crippen LogP) is 3.18. The molecule has 0 radical (unpaired) electrons. The third kappa shape index (κ3) is 3.37. The fourth-order valence-electron chi connectivity index (χ4n) is 2.23. The fourth-order valence-corrected chi connectivity index (χ4v) is 2.23. The second-order valence-electron chi connectivity index (χ2n) is 4.69. The highest BCUT2D eigenvalue weighted by Crippen LogP contribution is 2.34. The van der Waals surface area contributed by atoms with Gasteiger partial charge in [-0.25, -0.2) is 0 Å². The lowest BCUT2D eigenvalue weighted by Gasteiger charge is -2.30. The Morgan fingerprint density at radius 1 is 1.53 bits per heavy atom. The van der Waals surface area contributed by atoms with Crippen LogP contribution in [0.1, 0.15) is 40.5 Å². The lowest BCUT2D eigenvalue weighted by molar-refractivity contribution is -0.144. The van der Waals surface area contributed by atoms with E-state index in [1.165, 1.54) is 5.57 Å². The zero-order valence-electron chi connectivity index (χ0n) is 10.2. The standard InChI is InChI=1S/C13H22O2/c1-5-15-13(14)8-12-7-10(3)9(2)6-11(12)4/h6,9-10,12H,5,7-8H2,1-4H3. The molecule has 0 aliphatic heterocycles. The van der Waals surface area contributed by atoms with E-state index in [0.717, 1.165) is 6.42 Å². The third-order valence-electron chi connectivity index (χ3n) is 3.44. The van der Waals surface area contributed by atoms with E-state index in [0.29, 0.717) is 30.8 Å². The van der Waals surface area contributed by atoms with Crippen molar-refractivity contribution < 1.29 is 9.53 Å². The number of esters is 1. The van der Waals surface area contributed by atoms with Crippen LogP contribution in [0.4, 0.5) is 0 Å². The minimum Gasteiger partial charge on any atom is -0.466 e. The van der Waals surface area contributed by atoms with E-state index in [-0.39, 0.29) is 5.97 Å². The molecule has 0 amide bonds. The van der Waals surface area contributed by atoms with Crippen molar-refractivity contribution in [2.75, 3.05) is 6.61 Å². The molecule has 15 heavy (non-hydrogen) atoms. The van der Waals surface area contributed by atoms with Crippen molar-refractivity contribution in [3.63, 3.8) is 0 Å². The Hall–Kier alpha value is -0.790. The number of carbonyl (C=O) groups is 1. The maximum Gasteiger partial charge on any atom is 0.306 e. The van der Waals surface area contributed by atoms with Gasteiger partial charge in [-0.05, 0) is 38.0 Å². The average molecular weight is 210 g/mol. The van der Waals surface area contributed by atoms with Crippen LogP contribution >= 0.6 is 0 Å². The number of ether oxygens (including phenoxy) is 1. The maximum atomic E-state index is 11.4. The number of hydrogen-bond donors (Lipinski definition) is 0. The molecule has 3 atom stereocenters. The van der Waals surface area contributed by atoms with Crippen LogP contribution in [0.3, 0.4) is 0 Å². The van der Waals surface area contributed by atoms with Gasteiger partial charge in [0.15, 0.2) is 0 Å². The first-order chi connectivity index (χ1) is 7.04. The van der Waals surface area contributed by atoms with Crippen LogP contribution in [0.15, 0.2) is 11.6 Å². The van der Waals surface area contributed by atoms with Gasteiger partial charge in [0, 0.05) is 0 Å². The summed E-state index contributed by atoms with van der Waals surface area (Å²) in [6, 6.07) is 0. The molecule has 1 aliphatic carbocycles. The summed E-state index contributed by atoms with van der Waals surface area (Å²) in [5.74, 6) is 1.66. The van der Waals surface area contributed by atoms with Crippen molar-refractivity contribution in [1.82, 2.24) is 0 Å². The average Bonchev–Trinajstić information content (AvgIpc) is 2.14. The Bertz CT molecular complexity index is 255. The number of rotatable bonds is 3. The van der Waals surface area contributed by atoms with Gasteiger partial charge in [-0.15, -0.1) is 0 Å². The number of allylic oxidation sites excluding steroid dienone is 2. The molecule has 0 spiro atoms. The van der Waals surface area contributed by atoms with Gasteiger partial charge < -0.3 is 4.74 Å². The highest BCUT2D eigenvalue weighted by Gasteiger charge is 2.25. The molecule has 0 saturated carbocycles. The van der Waals surface area contributed by atoms with E-state index in [2.05, 4.69) is 26.8 Å². The van der Waals surface area contributed by atoms with Crippen molar-refractivity contribution in [3.8, 4) is 0 Å². The first-order valence-corrected chi connectivity index (χ1v) is 5.88. The highest BCUT2D eigenvalue weighted by molar-refractivity contribution is 5.70. The molecule has 86 valence electrons. The van der Waals surface area contributed by atoms with Crippen LogP contribution in [-0.2, 0) is 9.53 Å². The molecule has 1 aliphatic rings. The molecule has 2 nitrogen and oxygen atoms in total. The van der Waals surface area contributed by atoms with Crippen molar-refractivity contribution in [2.45, 2.75) is 40.5 Å². The normalized spacial score (nSPS) is 30.9. The molecule has 1 rings (SSSR count). The Kier molecular flexibility index (Phi) is 4.37. The lowest BCUT2D eigenvalue weighted by Crippen LogP contribution is -2.22. The summed E-state index contributed by atoms with van der Waals surface area (Å²) in [5, 5.41) is 0. The molecule has 0 heterocycles. The smallest absolute Gasteiger partial charge is 0.306 e. The van der Waals surface area contributed by atoms with Crippen molar-refractivity contribution in [2.24, 2.45) is 17.8 Å². The van der Waals surface area contributed by atoms with Gasteiger partial charge in [0.1, 0.15) is 0 Å². The van der Waals surface area contributed by atoms with Crippen LogP contribution in [0.25, 0.3) is 0 Å². The van der Waals surface area contributed by atoms with Gasteiger partial charge in [0.25, 0.3) is 0 Å². The first kappa shape index (κ1) is 12.3. The summed E-state index contributed by atoms with van der Waals surface area (Å²) in [6.07, 6.45) is 3.97. The molecule has 0 aromatic carbocycles. The third-order valence-corrected chi connectivity index (χ3v) is 3.44. The zero-order chi connectivity index (χ0) is 11.4. The number of hydrogen-bond acceptors (Lipinski definition) is 2. The second kappa shape index (κ2) is 5.34.